The number of hydrogen-bond donors (Lipinski definition) is 0. The number of halogens is 3. The van der Waals surface area contributed by atoms with Crippen LogP contribution in [0, 0.1) is 5.92 Å². The zero-order valence-electron chi connectivity index (χ0n) is 19.0. The molecule has 2 aliphatic rings. The average Bonchev–Trinajstić information content (AvgIpc) is 3.13. The fourth-order valence-corrected chi connectivity index (χ4v) is 4.63. The van der Waals surface area contributed by atoms with Crippen LogP contribution in [0.3, 0.4) is 0 Å². The lowest BCUT2D eigenvalue weighted by molar-refractivity contribution is -0.138. The van der Waals surface area contributed by atoms with E-state index in [1.807, 2.05) is 4.90 Å². The van der Waals surface area contributed by atoms with Crippen molar-refractivity contribution in [2.45, 2.75) is 44.7 Å². The van der Waals surface area contributed by atoms with Gasteiger partial charge in [0.15, 0.2) is 0 Å². The molecule has 0 atom stereocenters. The fraction of sp³-hybridized carbons (Fsp3) is 0.462. The van der Waals surface area contributed by atoms with E-state index in [1.54, 1.807) is 23.1 Å². The molecule has 2 aromatic carbocycles. The molecule has 0 spiro atoms. The van der Waals surface area contributed by atoms with Gasteiger partial charge < -0.3 is 14.5 Å². The first-order valence-corrected chi connectivity index (χ1v) is 11.8. The predicted octanol–water partition coefficient (Wildman–Crippen LogP) is 5.75. The molecule has 0 aliphatic carbocycles. The quantitative estimate of drug-likeness (QED) is 0.567. The molecule has 2 saturated heterocycles. The summed E-state index contributed by atoms with van der Waals surface area (Å²) in [6.07, 6.45) is 1.28. The highest BCUT2D eigenvalue weighted by Crippen LogP contribution is 2.33. The first kappa shape index (κ1) is 24.1. The highest BCUT2D eigenvalue weighted by Gasteiger charge is 2.32. The summed E-state index contributed by atoms with van der Waals surface area (Å²) in [6.45, 7) is 2.66. The highest BCUT2D eigenvalue weighted by molar-refractivity contribution is 5.94. The SMILES string of the molecule is O=C(c1cccc(Oc2cccc(C(F)(F)F)c2)c1)N1CCC(C(=O)N2CCCCCC2)CC1. The summed E-state index contributed by atoms with van der Waals surface area (Å²) in [5, 5.41) is 0. The van der Waals surface area contributed by atoms with Gasteiger partial charge in [-0.25, -0.2) is 0 Å². The number of piperidine rings is 1. The molecule has 0 bridgehead atoms. The van der Waals surface area contributed by atoms with Gasteiger partial charge in [-0.3, -0.25) is 9.59 Å². The van der Waals surface area contributed by atoms with Crippen molar-refractivity contribution in [3.05, 3.63) is 59.7 Å². The van der Waals surface area contributed by atoms with Gasteiger partial charge in [0, 0.05) is 37.7 Å². The molecule has 2 aliphatic heterocycles. The predicted molar refractivity (Wildman–Crippen MR) is 122 cm³/mol. The molecule has 2 amide bonds. The molecule has 2 aromatic rings. The van der Waals surface area contributed by atoms with Gasteiger partial charge in [-0.15, -0.1) is 0 Å². The smallest absolute Gasteiger partial charge is 0.416 e. The fourth-order valence-electron chi connectivity index (χ4n) is 4.63. The molecule has 8 heteroatoms. The van der Waals surface area contributed by atoms with Crippen LogP contribution in [0.15, 0.2) is 48.5 Å². The number of carbonyl (C=O) groups excluding carboxylic acids is 2. The Morgan fingerprint density at radius 3 is 2.06 bits per heavy atom. The monoisotopic (exact) mass is 474 g/mol. The number of carbonyl (C=O) groups is 2. The summed E-state index contributed by atoms with van der Waals surface area (Å²) >= 11 is 0. The Morgan fingerprint density at radius 1 is 0.794 bits per heavy atom. The standard InChI is InChI=1S/C26H29F3N2O3/c27-26(28,29)21-8-6-10-23(18-21)34-22-9-5-7-20(17-22)25(33)31-15-11-19(12-16-31)24(32)30-13-3-1-2-4-14-30/h5-10,17-19H,1-4,11-16H2. The topological polar surface area (TPSA) is 49.9 Å². The Hall–Kier alpha value is -3.03. The molecule has 0 N–H and O–H groups in total. The number of hydrogen-bond acceptors (Lipinski definition) is 3. The summed E-state index contributed by atoms with van der Waals surface area (Å²) in [5.41, 5.74) is -0.392. The molecule has 182 valence electrons. The summed E-state index contributed by atoms with van der Waals surface area (Å²) in [4.78, 5) is 29.7. The van der Waals surface area contributed by atoms with Crippen molar-refractivity contribution in [2.75, 3.05) is 26.2 Å². The largest absolute Gasteiger partial charge is 0.457 e. The summed E-state index contributed by atoms with van der Waals surface area (Å²) in [6, 6.07) is 11.1. The van der Waals surface area contributed by atoms with Crippen molar-refractivity contribution in [2.24, 2.45) is 5.92 Å². The minimum atomic E-state index is -4.46. The Kier molecular flexibility index (Phi) is 7.44. The Balaban J connectivity index is 1.36. The van der Waals surface area contributed by atoms with Gasteiger partial charge in [-0.1, -0.05) is 25.0 Å². The zero-order chi connectivity index (χ0) is 24.1. The summed E-state index contributed by atoms with van der Waals surface area (Å²) < 4.78 is 44.5. The third-order valence-corrected chi connectivity index (χ3v) is 6.53. The molecule has 0 aromatic heterocycles. The van der Waals surface area contributed by atoms with E-state index in [9.17, 15) is 22.8 Å². The molecule has 0 radical (unpaired) electrons. The minimum Gasteiger partial charge on any atom is -0.457 e. The van der Waals surface area contributed by atoms with Crippen LogP contribution < -0.4 is 4.74 Å². The Morgan fingerprint density at radius 2 is 1.41 bits per heavy atom. The number of rotatable bonds is 4. The van der Waals surface area contributed by atoms with Crippen molar-refractivity contribution in [1.29, 1.82) is 0 Å². The Labute approximate surface area is 197 Å². The third kappa shape index (κ3) is 5.90. The van der Waals surface area contributed by atoms with Crippen LogP contribution in [0.4, 0.5) is 13.2 Å². The van der Waals surface area contributed by atoms with Gasteiger partial charge in [0.05, 0.1) is 5.56 Å². The molecule has 2 heterocycles. The highest BCUT2D eigenvalue weighted by atomic mass is 19.4. The number of ether oxygens (including phenoxy) is 1. The van der Waals surface area contributed by atoms with Crippen molar-refractivity contribution in [3.8, 4) is 11.5 Å². The first-order valence-electron chi connectivity index (χ1n) is 11.8. The molecular weight excluding hydrogens is 445 g/mol. The molecule has 0 saturated carbocycles. The molecular formula is C26H29F3N2O3. The van der Waals surface area contributed by atoms with E-state index in [4.69, 9.17) is 4.74 Å². The van der Waals surface area contributed by atoms with Gasteiger partial charge >= 0.3 is 6.18 Å². The molecule has 34 heavy (non-hydrogen) atoms. The van der Waals surface area contributed by atoms with E-state index in [-0.39, 0.29) is 29.2 Å². The number of amides is 2. The van der Waals surface area contributed by atoms with E-state index in [2.05, 4.69) is 0 Å². The van der Waals surface area contributed by atoms with Crippen molar-refractivity contribution >= 4 is 11.8 Å². The van der Waals surface area contributed by atoms with Crippen LogP contribution in [0.5, 0.6) is 11.5 Å². The second kappa shape index (κ2) is 10.5. The zero-order valence-corrected chi connectivity index (χ0v) is 19.0. The van der Waals surface area contributed by atoms with Crippen LogP contribution in [0.2, 0.25) is 0 Å². The van der Waals surface area contributed by atoms with Gasteiger partial charge in [-0.05, 0) is 62.1 Å². The van der Waals surface area contributed by atoms with Gasteiger partial charge in [0.25, 0.3) is 5.91 Å². The first-order chi connectivity index (χ1) is 16.3. The summed E-state index contributed by atoms with van der Waals surface area (Å²) in [7, 11) is 0. The van der Waals surface area contributed by atoms with E-state index in [0.29, 0.717) is 31.5 Å². The molecule has 4 rings (SSSR count). The average molecular weight is 475 g/mol. The lowest BCUT2D eigenvalue weighted by Crippen LogP contribution is -2.44. The maximum Gasteiger partial charge on any atom is 0.416 e. The maximum absolute atomic E-state index is 13.0. The van der Waals surface area contributed by atoms with Crippen molar-refractivity contribution < 1.29 is 27.5 Å². The third-order valence-electron chi connectivity index (χ3n) is 6.53. The maximum atomic E-state index is 13.0. The molecule has 2 fully saturated rings. The van der Waals surface area contributed by atoms with Gasteiger partial charge in [0.1, 0.15) is 11.5 Å². The lowest BCUT2D eigenvalue weighted by Gasteiger charge is -2.34. The second-order valence-electron chi connectivity index (χ2n) is 8.96. The van der Waals surface area contributed by atoms with Crippen LogP contribution in [-0.4, -0.2) is 47.8 Å². The molecule has 5 nitrogen and oxygen atoms in total. The minimum absolute atomic E-state index is 0.0438. The van der Waals surface area contributed by atoms with E-state index in [1.165, 1.54) is 31.0 Å². The van der Waals surface area contributed by atoms with Crippen LogP contribution >= 0.6 is 0 Å². The second-order valence-corrected chi connectivity index (χ2v) is 8.96. The number of benzene rings is 2. The van der Waals surface area contributed by atoms with E-state index < -0.39 is 11.7 Å². The van der Waals surface area contributed by atoms with Gasteiger partial charge in [0.2, 0.25) is 5.91 Å². The number of likely N-dealkylation sites (tertiary alicyclic amines) is 2. The summed E-state index contributed by atoms with van der Waals surface area (Å²) in [5.74, 6) is 0.335. The van der Waals surface area contributed by atoms with Crippen LogP contribution in [0.25, 0.3) is 0 Å². The van der Waals surface area contributed by atoms with Crippen molar-refractivity contribution in [1.82, 2.24) is 9.80 Å². The van der Waals surface area contributed by atoms with E-state index >= 15 is 0 Å². The van der Waals surface area contributed by atoms with Crippen molar-refractivity contribution in [3.63, 3.8) is 0 Å². The van der Waals surface area contributed by atoms with E-state index in [0.717, 1.165) is 38.1 Å². The number of nitrogens with zero attached hydrogens (tertiary/aromatic N) is 2. The van der Waals surface area contributed by atoms with Crippen LogP contribution in [-0.2, 0) is 11.0 Å². The van der Waals surface area contributed by atoms with Crippen LogP contribution in [0.1, 0.15) is 54.4 Å². The Bertz CT molecular complexity index is 1010. The number of alkyl halides is 3. The van der Waals surface area contributed by atoms with Gasteiger partial charge in [-0.2, -0.15) is 13.2 Å². The lowest BCUT2D eigenvalue weighted by atomic mass is 9.94. The normalized spacial score (nSPS) is 17.9. The molecule has 0 unspecified atom stereocenters.